The summed E-state index contributed by atoms with van der Waals surface area (Å²) in [5.74, 6) is -0.229. The second-order valence-corrected chi connectivity index (χ2v) is 7.97. The van der Waals surface area contributed by atoms with Gasteiger partial charge in [-0.25, -0.2) is 4.79 Å². The maximum absolute atomic E-state index is 12.7. The van der Waals surface area contributed by atoms with E-state index in [9.17, 15) is 18.0 Å². The van der Waals surface area contributed by atoms with Crippen LogP contribution in [0.3, 0.4) is 0 Å². The third-order valence-electron chi connectivity index (χ3n) is 5.22. The Morgan fingerprint density at radius 3 is 2.92 bits per heavy atom. The Morgan fingerprint density at radius 1 is 1.40 bits per heavy atom. The Labute approximate surface area is 145 Å². The maximum Gasteiger partial charge on any atom is 0.418 e. The van der Waals surface area contributed by atoms with E-state index in [4.69, 9.17) is 4.55 Å². The lowest BCUT2D eigenvalue weighted by atomic mass is 9.97. The lowest BCUT2D eigenvalue weighted by Crippen LogP contribution is -2.53. The van der Waals surface area contributed by atoms with Crippen molar-refractivity contribution >= 4 is 22.3 Å². The van der Waals surface area contributed by atoms with Crippen molar-refractivity contribution in [2.24, 2.45) is 0 Å². The van der Waals surface area contributed by atoms with E-state index in [1.165, 1.54) is 4.90 Å². The van der Waals surface area contributed by atoms with E-state index in [-0.39, 0.29) is 18.5 Å². The van der Waals surface area contributed by atoms with E-state index in [2.05, 4.69) is 21.0 Å². The summed E-state index contributed by atoms with van der Waals surface area (Å²) >= 11 is 0. The van der Waals surface area contributed by atoms with Gasteiger partial charge >= 0.3 is 16.4 Å². The molecular weight excluding hydrogens is 352 g/mol. The van der Waals surface area contributed by atoms with Gasteiger partial charge in [0, 0.05) is 30.7 Å². The molecule has 0 saturated carbocycles. The molecule has 11 heteroatoms. The fraction of sp³-hybridized carbons (Fsp3) is 0.714. The minimum Gasteiger partial charge on any atom is -0.385 e. The molecule has 4 rings (SSSR count). The quantitative estimate of drug-likeness (QED) is 0.568. The van der Waals surface area contributed by atoms with Crippen molar-refractivity contribution in [3.8, 4) is 0 Å². The van der Waals surface area contributed by atoms with Crippen LogP contribution in [0.4, 0.5) is 4.79 Å². The number of piperidine rings is 2. The minimum absolute atomic E-state index is 0.0353. The van der Waals surface area contributed by atoms with E-state index >= 15 is 0 Å². The van der Waals surface area contributed by atoms with E-state index in [1.807, 2.05) is 0 Å². The monoisotopic (exact) mass is 372 g/mol. The molecule has 3 saturated heterocycles. The molecule has 0 radical (unpaired) electrons. The van der Waals surface area contributed by atoms with Crippen molar-refractivity contribution in [2.45, 2.75) is 56.3 Å². The summed E-state index contributed by atoms with van der Waals surface area (Å²) in [7, 11) is -4.78. The Kier molecular flexibility index (Phi) is 3.89. The molecule has 4 aliphatic rings. The summed E-state index contributed by atoms with van der Waals surface area (Å²) in [6.07, 6.45) is 5.56. The normalized spacial score (nSPS) is 34.0. The molecule has 10 nitrogen and oxygen atoms in total. The van der Waals surface area contributed by atoms with Crippen molar-refractivity contribution in [2.75, 3.05) is 6.54 Å². The Morgan fingerprint density at radius 2 is 2.20 bits per heavy atom. The van der Waals surface area contributed by atoms with Gasteiger partial charge in [0.15, 0.2) is 0 Å². The van der Waals surface area contributed by atoms with Crippen LogP contribution in [0.2, 0.25) is 0 Å². The summed E-state index contributed by atoms with van der Waals surface area (Å²) < 4.78 is 35.0. The Bertz CT molecular complexity index is 738. The molecular formula is C14H20N4O6S. The fourth-order valence-corrected chi connectivity index (χ4v) is 4.55. The van der Waals surface area contributed by atoms with Crippen molar-refractivity contribution < 1.29 is 26.8 Å². The van der Waals surface area contributed by atoms with E-state index in [1.54, 1.807) is 0 Å². The molecule has 0 aromatic carbocycles. The zero-order valence-corrected chi connectivity index (χ0v) is 14.2. The smallest absolute Gasteiger partial charge is 0.385 e. The number of urea groups is 1. The number of amides is 3. The van der Waals surface area contributed by atoms with Gasteiger partial charge in [-0.1, -0.05) is 6.08 Å². The van der Waals surface area contributed by atoms with Gasteiger partial charge in [0.25, 0.3) is 0 Å². The highest BCUT2D eigenvalue weighted by molar-refractivity contribution is 7.80. The SMILES string of the molecule is O=C(N[C@H]1CC2=CCC(C1)N2)[C@@H]1CC[C@@H]2CN1C(=O)N2OS(=O)(=O)O. The van der Waals surface area contributed by atoms with Gasteiger partial charge in [-0.15, -0.1) is 4.28 Å². The first-order valence-corrected chi connectivity index (χ1v) is 9.69. The number of hydrogen-bond donors (Lipinski definition) is 3. The highest BCUT2D eigenvalue weighted by atomic mass is 32.3. The van der Waals surface area contributed by atoms with Crippen LogP contribution in [0.15, 0.2) is 11.8 Å². The predicted octanol–water partition coefficient (Wildman–Crippen LogP) is -0.486. The van der Waals surface area contributed by atoms with Crippen LogP contribution in [0.1, 0.15) is 32.1 Å². The summed E-state index contributed by atoms with van der Waals surface area (Å²) in [6, 6.07) is -1.46. The van der Waals surface area contributed by atoms with Gasteiger partial charge in [0.05, 0.1) is 6.04 Å². The third kappa shape index (κ3) is 3.18. The molecule has 3 fully saturated rings. The number of nitrogens with zero attached hydrogens (tertiary/aromatic N) is 2. The molecule has 3 amide bonds. The average Bonchev–Trinajstić information content (AvgIpc) is 2.98. The lowest BCUT2D eigenvalue weighted by molar-refractivity contribution is -0.126. The number of fused-ring (bicyclic) bond motifs is 4. The second kappa shape index (κ2) is 5.85. The van der Waals surface area contributed by atoms with Crippen molar-refractivity contribution in [1.82, 2.24) is 20.6 Å². The number of rotatable bonds is 4. The van der Waals surface area contributed by atoms with Gasteiger partial charge < -0.3 is 15.5 Å². The molecule has 0 aliphatic carbocycles. The minimum atomic E-state index is -4.78. The fourth-order valence-electron chi connectivity index (χ4n) is 4.17. The molecule has 25 heavy (non-hydrogen) atoms. The summed E-state index contributed by atoms with van der Waals surface area (Å²) in [4.78, 5) is 26.3. The van der Waals surface area contributed by atoms with Crippen LogP contribution >= 0.6 is 0 Å². The zero-order chi connectivity index (χ0) is 17.8. The number of nitrogens with one attached hydrogen (secondary N) is 2. The number of carbonyl (C=O) groups excluding carboxylic acids is 2. The second-order valence-electron chi connectivity index (χ2n) is 6.96. The molecule has 0 aromatic heterocycles. The largest absolute Gasteiger partial charge is 0.418 e. The van der Waals surface area contributed by atoms with Crippen LogP contribution in [-0.4, -0.2) is 65.6 Å². The van der Waals surface area contributed by atoms with Crippen LogP contribution in [-0.2, 0) is 19.5 Å². The zero-order valence-electron chi connectivity index (χ0n) is 13.4. The van der Waals surface area contributed by atoms with Gasteiger partial charge in [0.1, 0.15) is 6.04 Å². The van der Waals surface area contributed by atoms with Gasteiger partial charge in [-0.05, 0) is 25.7 Å². The highest BCUT2D eigenvalue weighted by Gasteiger charge is 2.49. The first-order chi connectivity index (χ1) is 11.8. The van der Waals surface area contributed by atoms with E-state index < -0.39 is 28.5 Å². The number of hydroxylamine groups is 2. The molecule has 4 bridgehead atoms. The molecule has 4 aliphatic heterocycles. The summed E-state index contributed by atoms with van der Waals surface area (Å²) in [5, 5.41) is 7.04. The van der Waals surface area contributed by atoms with Crippen molar-refractivity contribution in [3.05, 3.63) is 11.8 Å². The molecule has 3 N–H and O–H groups in total. The summed E-state index contributed by atoms with van der Waals surface area (Å²) in [6.45, 7) is 0.201. The van der Waals surface area contributed by atoms with Crippen LogP contribution in [0, 0.1) is 0 Å². The number of carbonyl (C=O) groups is 2. The topological polar surface area (TPSA) is 128 Å². The maximum atomic E-state index is 12.7. The van der Waals surface area contributed by atoms with Crippen LogP contribution < -0.4 is 10.6 Å². The standard InChI is InChI=1S/C14H20N4O6S/c19-13(16-10-5-8-1-2-9(6-10)15-8)12-4-3-11-7-17(12)14(20)18(11)24-25(21,22)23/h1,9-12,15H,2-7H2,(H,16,19)(H,21,22,23)/t9?,10-,11+,12-/m0/s1. The molecule has 1 unspecified atom stereocenters. The molecule has 4 heterocycles. The van der Waals surface area contributed by atoms with Crippen molar-refractivity contribution in [3.63, 3.8) is 0 Å². The van der Waals surface area contributed by atoms with Gasteiger partial charge in [-0.3, -0.25) is 9.35 Å². The van der Waals surface area contributed by atoms with Crippen molar-refractivity contribution in [1.29, 1.82) is 0 Å². The molecule has 4 atom stereocenters. The summed E-state index contributed by atoms with van der Waals surface area (Å²) in [5.41, 5.74) is 1.15. The van der Waals surface area contributed by atoms with E-state index in [0.29, 0.717) is 23.9 Å². The van der Waals surface area contributed by atoms with Gasteiger partial charge in [-0.2, -0.15) is 13.5 Å². The Balaban J connectivity index is 1.41. The predicted molar refractivity (Wildman–Crippen MR) is 84.2 cm³/mol. The third-order valence-corrected chi connectivity index (χ3v) is 5.57. The van der Waals surface area contributed by atoms with Gasteiger partial charge in [0.2, 0.25) is 5.91 Å². The van der Waals surface area contributed by atoms with Crippen LogP contribution in [0.5, 0.6) is 0 Å². The van der Waals surface area contributed by atoms with Crippen LogP contribution in [0.25, 0.3) is 0 Å². The molecule has 0 spiro atoms. The molecule has 0 aromatic rings. The lowest BCUT2D eigenvalue weighted by Gasteiger charge is -2.33. The highest BCUT2D eigenvalue weighted by Crippen LogP contribution is 2.31. The molecule has 138 valence electrons. The average molecular weight is 372 g/mol. The van der Waals surface area contributed by atoms with E-state index in [0.717, 1.165) is 25.0 Å². The first kappa shape index (κ1) is 16.6. The Hall–Kier alpha value is -1.85. The number of hydrogen-bond acceptors (Lipinski definition) is 6. The first-order valence-electron chi connectivity index (χ1n) is 8.33.